The Bertz CT molecular complexity index is 145. The van der Waals surface area contributed by atoms with Gasteiger partial charge in [-0.15, -0.1) is 0 Å². The molecule has 1 saturated heterocycles. The van der Waals surface area contributed by atoms with Crippen molar-refractivity contribution in [2.45, 2.75) is 12.5 Å². The van der Waals surface area contributed by atoms with Gasteiger partial charge in [0, 0.05) is 0 Å². The van der Waals surface area contributed by atoms with E-state index in [9.17, 15) is 18.0 Å². The summed E-state index contributed by atoms with van der Waals surface area (Å²) in [6.07, 6.45) is -8.77. The van der Waals surface area contributed by atoms with E-state index in [2.05, 4.69) is 9.47 Å². The average molecular weight is 142 g/mol. The van der Waals surface area contributed by atoms with Crippen molar-refractivity contribution in [1.29, 1.82) is 0 Å². The lowest BCUT2D eigenvalue weighted by molar-refractivity contribution is -0.230. The Morgan fingerprint density at radius 3 is 2.22 bits per heavy atom. The number of carbonyl (C=O) groups is 1. The Labute approximate surface area is 47.3 Å². The van der Waals surface area contributed by atoms with Crippen LogP contribution in [0, 0.1) is 0 Å². The summed E-state index contributed by atoms with van der Waals surface area (Å²) in [5.41, 5.74) is 0. The quantitative estimate of drug-likeness (QED) is 0.474. The van der Waals surface area contributed by atoms with Crippen LogP contribution in [0.25, 0.3) is 0 Å². The fraction of sp³-hybridized carbons (Fsp3) is 0.667. The first-order chi connectivity index (χ1) is 4.02. The molecule has 0 aromatic rings. The minimum absolute atomic E-state index is 1.69. The van der Waals surface area contributed by atoms with Crippen molar-refractivity contribution >= 4 is 6.16 Å². The second-order valence-corrected chi connectivity index (χ2v) is 1.35. The largest absolute Gasteiger partial charge is 0.516 e. The van der Waals surface area contributed by atoms with E-state index in [1.54, 1.807) is 0 Å². The summed E-state index contributed by atoms with van der Waals surface area (Å²) < 4.78 is 41.3. The molecule has 0 radical (unpaired) electrons. The van der Waals surface area contributed by atoms with Crippen LogP contribution in [0.15, 0.2) is 0 Å². The van der Waals surface area contributed by atoms with Crippen LogP contribution in [-0.2, 0) is 9.47 Å². The zero-order chi connectivity index (χ0) is 7.07. The summed E-state index contributed by atoms with van der Waals surface area (Å²) in [5, 5.41) is 0. The molecule has 6 heteroatoms. The Balaban J connectivity index is 2.69. The molecule has 1 rings (SSSR count). The van der Waals surface area contributed by atoms with Gasteiger partial charge in [0.05, 0.1) is 0 Å². The molecule has 0 aromatic heterocycles. The highest BCUT2D eigenvalue weighted by Crippen LogP contribution is 2.30. The predicted octanol–water partition coefficient (Wildman–Crippen LogP) is 1.04. The van der Waals surface area contributed by atoms with Gasteiger partial charge in [-0.05, 0) is 0 Å². The first-order valence-corrected chi connectivity index (χ1v) is 1.94. The van der Waals surface area contributed by atoms with Crippen molar-refractivity contribution < 1.29 is 27.4 Å². The van der Waals surface area contributed by atoms with E-state index in [4.69, 9.17) is 0 Å². The second kappa shape index (κ2) is 1.52. The van der Waals surface area contributed by atoms with E-state index >= 15 is 0 Å². The third-order valence-corrected chi connectivity index (χ3v) is 0.683. The van der Waals surface area contributed by atoms with E-state index in [-0.39, 0.29) is 0 Å². The zero-order valence-corrected chi connectivity index (χ0v) is 3.94. The highest BCUT2D eigenvalue weighted by molar-refractivity contribution is 5.62. The smallest absolute Gasteiger partial charge is 0.388 e. The first kappa shape index (κ1) is 6.18. The van der Waals surface area contributed by atoms with Gasteiger partial charge in [-0.25, -0.2) is 4.79 Å². The van der Waals surface area contributed by atoms with Gasteiger partial charge in [0.25, 0.3) is 0 Å². The summed E-state index contributed by atoms with van der Waals surface area (Å²) >= 11 is 0. The Morgan fingerprint density at radius 2 is 2.11 bits per heavy atom. The molecule has 1 fully saturated rings. The highest BCUT2D eigenvalue weighted by Gasteiger charge is 2.54. The van der Waals surface area contributed by atoms with Crippen LogP contribution in [0.1, 0.15) is 0 Å². The molecule has 0 saturated carbocycles. The lowest BCUT2D eigenvalue weighted by Crippen LogP contribution is -2.25. The number of hydrogen-bond donors (Lipinski definition) is 0. The number of alkyl halides is 3. The Hall–Kier alpha value is -0.940. The minimum Gasteiger partial charge on any atom is -0.388 e. The van der Waals surface area contributed by atoms with Crippen molar-refractivity contribution in [1.82, 2.24) is 0 Å². The Kier molecular flexibility index (Phi) is 1.04. The third kappa shape index (κ3) is 0.914. The van der Waals surface area contributed by atoms with Gasteiger partial charge in [-0.1, -0.05) is 0 Å². The van der Waals surface area contributed by atoms with Gasteiger partial charge in [-0.3, -0.25) is 0 Å². The molecule has 0 aromatic carbocycles. The van der Waals surface area contributed by atoms with E-state index in [1.165, 1.54) is 0 Å². The molecule has 1 heterocycles. The van der Waals surface area contributed by atoms with Crippen LogP contribution in [-0.4, -0.2) is 18.6 Å². The molecule has 0 aliphatic carbocycles. The first-order valence-electron chi connectivity index (χ1n) is 1.94. The van der Waals surface area contributed by atoms with Gasteiger partial charge in [0.1, 0.15) is 0 Å². The summed E-state index contributed by atoms with van der Waals surface area (Å²) in [5.74, 6) is 0. The van der Waals surface area contributed by atoms with Crippen molar-refractivity contribution in [3.05, 3.63) is 0 Å². The molecular weight excluding hydrogens is 141 g/mol. The molecule has 0 spiro atoms. The van der Waals surface area contributed by atoms with Crippen molar-refractivity contribution in [2.75, 3.05) is 0 Å². The topological polar surface area (TPSA) is 35.5 Å². The van der Waals surface area contributed by atoms with Crippen molar-refractivity contribution in [3.63, 3.8) is 0 Å². The minimum atomic E-state index is -4.11. The van der Waals surface area contributed by atoms with Crippen LogP contribution in [0.5, 0.6) is 0 Å². The molecule has 0 bridgehead atoms. The number of rotatable bonds is 0. The molecule has 3 nitrogen and oxygen atoms in total. The normalized spacial score (nSPS) is 31.4. The molecule has 1 atom stereocenters. The molecular formula is C3HF3O3. The summed E-state index contributed by atoms with van der Waals surface area (Å²) in [4.78, 5) is 9.70. The molecule has 1 aliphatic rings. The molecule has 0 amide bonds. The third-order valence-electron chi connectivity index (χ3n) is 0.683. The highest BCUT2D eigenvalue weighted by atomic mass is 19.3. The lowest BCUT2D eigenvalue weighted by Gasteiger charge is -2.03. The predicted molar refractivity (Wildman–Crippen MR) is 17.4 cm³/mol. The van der Waals surface area contributed by atoms with Gasteiger partial charge >= 0.3 is 18.6 Å². The van der Waals surface area contributed by atoms with Crippen LogP contribution >= 0.6 is 0 Å². The lowest BCUT2D eigenvalue weighted by atomic mass is 10.6. The van der Waals surface area contributed by atoms with Gasteiger partial charge < -0.3 is 9.47 Å². The maximum Gasteiger partial charge on any atom is 0.516 e. The number of hydrogen-bond acceptors (Lipinski definition) is 3. The average Bonchev–Trinajstić information content (AvgIpc) is 1.79. The van der Waals surface area contributed by atoms with E-state index < -0.39 is 18.6 Å². The fourth-order valence-electron chi connectivity index (χ4n) is 0.335. The van der Waals surface area contributed by atoms with Crippen molar-refractivity contribution in [2.24, 2.45) is 0 Å². The molecule has 9 heavy (non-hydrogen) atoms. The number of cyclic esters (lactones) is 2. The number of carbonyl (C=O) groups excluding carboxylic acids is 1. The van der Waals surface area contributed by atoms with E-state index in [0.29, 0.717) is 0 Å². The number of halogens is 3. The number of ether oxygens (including phenoxy) is 2. The monoisotopic (exact) mass is 142 g/mol. The summed E-state index contributed by atoms with van der Waals surface area (Å²) in [6, 6.07) is 0. The maximum absolute atomic E-state index is 11.6. The fourth-order valence-corrected chi connectivity index (χ4v) is 0.335. The SMILES string of the molecule is O=C1O[C@H](F)C(F)(F)O1. The van der Waals surface area contributed by atoms with E-state index in [1.807, 2.05) is 0 Å². The van der Waals surface area contributed by atoms with Gasteiger partial charge in [-0.2, -0.15) is 13.2 Å². The maximum atomic E-state index is 11.6. The zero-order valence-electron chi connectivity index (χ0n) is 3.94. The molecule has 0 N–H and O–H groups in total. The van der Waals surface area contributed by atoms with Gasteiger partial charge in [0.15, 0.2) is 0 Å². The molecule has 0 unspecified atom stereocenters. The Morgan fingerprint density at radius 1 is 1.56 bits per heavy atom. The molecule has 1 aliphatic heterocycles. The molecule has 52 valence electrons. The second-order valence-electron chi connectivity index (χ2n) is 1.35. The summed E-state index contributed by atoms with van der Waals surface area (Å²) in [7, 11) is 0. The van der Waals surface area contributed by atoms with Crippen LogP contribution < -0.4 is 0 Å². The van der Waals surface area contributed by atoms with E-state index in [0.717, 1.165) is 0 Å². The summed E-state index contributed by atoms with van der Waals surface area (Å²) in [6.45, 7) is 0. The van der Waals surface area contributed by atoms with Crippen LogP contribution in [0.4, 0.5) is 18.0 Å². The van der Waals surface area contributed by atoms with Crippen molar-refractivity contribution in [3.8, 4) is 0 Å². The van der Waals surface area contributed by atoms with Gasteiger partial charge in [0.2, 0.25) is 0 Å². The standard InChI is InChI=1S/C3HF3O3/c4-1-3(5,6)9-2(7)8-1/h1H/t1-/m0/s1. The van der Waals surface area contributed by atoms with Crippen LogP contribution in [0.2, 0.25) is 0 Å². The van der Waals surface area contributed by atoms with Crippen LogP contribution in [0.3, 0.4) is 0 Å².